The van der Waals surface area contributed by atoms with Gasteiger partial charge in [-0.25, -0.2) is 4.98 Å². The van der Waals surface area contributed by atoms with Crippen LogP contribution in [-0.4, -0.2) is 21.8 Å². The first-order valence-electron chi connectivity index (χ1n) is 7.44. The Hall–Kier alpha value is -2.08. The second kappa shape index (κ2) is 6.43. The number of aromatic nitrogens is 1. The highest BCUT2D eigenvalue weighted by molar-refractivity contribution is 6.29. The maximum absolute atomic E-state index is 13.2. The molecule has 1 aromatic heterocycles. The van der Waals surface area contributed by atoms with Crippen molar-refractivity contribution in [2.75, 3.05) is 0 Å². The Labute approximate surface area is 142 Å². The molecule has 1 aliphatic rings. The first-order chi connectivity index (χ1) is 11.4. The summed E-state index contributed by atoms with van der Waals surface area (Å²) in [6.07, 6.45) is -1.46. The van der Waals surface area contributed by atoms with Crippen LogP contribution in [0.3, 0.4) is 0 Å². The van der Waals surface area contributed by atoms with E-state index in [0.29, 0.717) is 5.56 Å². The van der Waals surface area contributed by atoms with Gasteiger partial charge in [0.05, 0.1) is 5.56 Å². The van der Waals surface area contributed by atoms with E-state index in [9.17, 15) is 18.0 Å². The molecule has 0 unspecified atom stereocenters. The summed E-state index contributed by atoms with van der Waals surface area (Å²) in [7, 11) is 0. The maximum Gasteiger partial charge on any atom is 0.416 e. The van der Waals surface area contributed by atoms with Crippen LogP contribution in [-0.2, 0) is 12.7 Å². The van der Waals surface area contributed by atoms with E-state index < -0.39 is 11.7 Å². The normalized spacial score (nSPS) is 14.5. The van der Waals surface area contributed by atoms with Crippen molar-refractivity contribution in [1.82, 2.24) is 9.88 Å². The highest BCUT2D eigenvalue weighted by atomic mass is 35.5. The van der Waals surface area contributed by atoms with Crippen molar-refractivity contribution in [3.8, 4) is 0 Å². The Balaban J connectivity index is 1.90. The van der Waals surface area contributed by atoms with Gasteiger partial charge < -0.3 is 4.90 Å². The van der Waals surface area contributed by atoms with Crippen LogP contribution in [0.5, 0.6) is 0 Å². The van der Waals surface area contributed by atoms with Crippen molar-refractivity contribution >= 4 is 17.5 Å². The van der Waals surface area contributed by atoms with Crippen LogP contribution < -0.4 is 0 Å². The van der Waals surface area contributed by atoms with Crippen LogP contribution >= 0.6 is 11.6 Å². The van der Waals surface area contributed by atoms with Crippen molar-refractivity contribution in [3.63, 3.8) is 0 Å². The molecule has 7 heteroatoms. The fraction of sp³-hybridized carbons (Fsp3) is 0.294. The fourth-order valence-electron chi connectivity index (χ4n) is 2.57. The Kier molecular flexibility index (Phi) is 4.49. The minimum absolute atomic E-state index is 0.0364. The molecule has 1 aromatic carbocycles. The lowest BCUT2D eigenvalue weighted by Gasteiger charge is -2.24. The van der Waals surface area contributed by atoms with E-state index >= 15 is 0 Å². The summed E-state index contributed by atoms with van der Waals surface area (Å²) < 4.78 is 39.5. The third-order valence-corrected chi connectivity index (χ3v) is 4.09. The van der Waals surface area contributed by atoms with Crippen molar-refractivity contribution in [1.29, 1.82) is 0 Å². The Morgan fingerprint density at radius 1 is 1.25 bits per heavy atom. The number of carbonyl (C=O) groups is 1. The smallest absolute Gasteiger partial charge is 0.331 e. The van der Waals surface area contributed by atoms with E-state index in [2.05, 4.69) is 4.98 Å². The topological polar surface area (TPSA) is 33.2 Å². The number of halogens is 4. The van der Waals surface area contributed by atoms with Crippen LogP contribution in [0.15, 0.2) is 42.6 Å². The molecule has 0 radical (unpaired) electrons. The summed E-state index contributed by atoms with van der Waals surface area (Å²) in [6.45, 7) is -0.0842. The molecule has 0 atom stereocenters. The molecule has 3 rings (SSSR count). The van der Waals surface area contributed by atoms with E-state index in [4.69, 9.17) is 11.6 Å². The lowest BCUT2D eigenvalue weighted by Crippen LogP contribution is -2.33. The number of alkyl halides is 3. The summed E-state index contributed by atoms with van der Waals surface area (Å²) in [5, 5.41) is 0.173. The van der Waals surface area contributed by atoms with Crippen molar-refractivity contribution in [3.05, 3.63) is 64.4 Å². The Morgan fingerprint density at radius 2 is 1.96 bits per heavy atom. The summed E-state index contributed by atoms with van der Waals surface area (Å²) >= 11 is 5.80. The average molecular weight is 355 g/mol. The van der Waals surface area contributed by atoms with Gasteiger partial charge in [-0.2, -0.15) is 13.2 Å². The Bertz CT molecular complexity index is 759. The molecule has 1 amide bonds. The van der Waals surface area contributed by atoms with Gasteiger partial charge in [0.1, 0.15) is 5.15 Å². The second-order valence-corrected chi connectivity index (χ2v) is 6.07. The van der Waals surface area contributed by atoms with Gasteiger partial charge in [-0.05, 0) is 36.6 Å². The van der Waals surface area contributed by atoms with Gasteiger partial charge in [0.15, 0.2) is 0 Å². The van der Waals surface area contributed by atoms with Crippen LogP contribution in [0.25, 0.3) is 0 Å². The average Bonchev–Trinajstić information content (AvgIpc) is 3.36. The number of pyridine rings is 1. The molecule has 0 N–H and O–H groups in total. The zero-order valence-corrected chi connectivity index (χ0v) is 13.3. The molecule has 1 heterocycles. The van der Waals surface area contributed by atoms with E-state index in [0.717, 1.165) is 18.9 Å². The third-order valence-electron chi connectivity index (χ3n) is 3.89. The number of hydrogen-bond donors (Lipinski definition) is 0. The van der Waals surface area contributed by atoms with E-state index in [-0.39, 0.29) is 29.2 Å². The van der Waals surface area contributed by atoms with Crippen LogP contribution in [0, 0.1) is 0 Å². The highest BCUT2D eigenvalue weighted by Crippen LogP contribution is 2.35. The fourth-order valence-corrected chi connectivity index (χ4v) is 2.75. The molecule has 0 saturated heterocycles. The lowest BCUT2D eigenvalue weighted by atomic mass is 10.1. The van der Waals surface area contributed by atoms with Gasteiger partial charge in [0.2, 0.25) is 0 Å². The molecule has 0 aliphatic heterocycles. The number of hydrogen-bond acceptors (Lipinski definition) is 2. The van der Waals surface area contributed by atoms with Crippen molar-refractivity contribution in [2.24, 2.45) is 0 Å². The SMILES string of the molecule is O=C(c1ccnc(Cl)c1)N(Cc1ccccc1C(F)(F)F)C1CC1. The monoisotopic (exact) mass is 354 g/mol. The standard InChI is InChI=1S/C17H14ClF3N2O/c18-15-9-11(7-8-22-15)16(24)23(13-5-6-13)10-12-3-1-2-4-14(12)17(19,20)21/h1-4,7-9,13H,5-6,10H2. The van der Waals surface area contributed by atoms with E-state index in [1.807, 2.05) is 0 Å². The van der Waals surface area contributed by atoms with Crippen molar-refractivity contribution < 1.29 is 18.0 Å². The molecule has 3 nitrogen and oxygen atoms in total. The number of amides is 1. The van der Waals surface area contributed by atoms with Gasteiger partial charge in [-0.1, -0.05) is 29.8 Å². The van der Waals surface area contributed by atoms with Gasteiger partial charge >= 0.3 is 6.18 Å². The third kappa shape index (κ3) is 3.70. The molecular weight excluding hydrogens is 341 g/mol. The summed E-state index contributed by atoms with van der Waals surface area (Å²) in [4.78, 5) is 18.0. The summed E-state index contributed by atoms with van der Waals surface area (Å²) in [5.41, 5.74) is -0.298. The quantitative estimate of drug-likeness (QED) is 0.754. The van der Waals surface area contributed by atoms with Crippen LogP contribution in [0.4, 0.5) is 13.2 Å². The molecule has 1 saturated carbocycles. The van der Waals surface area contributed by atoms with Crippen LogP contribution in [0.2, 0.25) is 5.15 Å². The number of carbonyl (C=O) groups excluding carboxylic acids is 1. The Morgan fingerprint density at radius 3 is 2.58 bits per heavy atom. The van der Waals surface area contributed by atoms with Gasteiger partial charge in [0.25, 0.3) is 5.91 Å². The minimum Gasteiger partial charge on any atom is -0.331 e. The van der Waals surface area contributed by atoms with Gasteiger partial charge in [-0.15, -0.1) is 0 Å². The number of rotatable bonds is 4. The molecule has 1 aliphatic carbocycles. The van der Waals surface area contributed by atoms with Gasteiger partial charge in [0, 0.05) is 24.3 Å². The predicted octanol–water partition coefficient (Wildman–Crippen LogP) is 4.56. The first kappa shape index (κ1) is 16.8. The van der Waals surface area contributed by atoms with Crippen LogP contribution in [0.1, 0.15) is 34.3 Å². The zero-order chi connectivity index (χ0) is 17.3. The zero-order valence-electron chi connectivity index (χ0n) is 12.6. The van der Waals surface area contributed by atoms with E-state index in [1.54, 1.807) is 6.07 Å². The highest BCUT2D eigenvalue weighted by Gasteiger charge is 2.37. The lowest BCUT2D eigenvalue weighted by molar-refractivity contribution is -0.138. The molecule has 1 fully saturated rings. The predicted molar refractivity (Wildman–Crippen MR) is 83.6 cm³/mol. The van der Waals surface area contributed by atoms with E-state index in [1.165, 1.54) is 35.4 Å². The first-order valence-corrected chi connectivity index (χ1v) is 7.81. The van der Waals surface area contributed by atoms with Crippen molar-refractivity contribution in [2.45, 2.75) is 31.6 Å². The second-order valence-electron chi connectivity index (χ2n) is 5.69. The largest absolute Gasteiger partial charge is 0.416 e. The maximum atomic E-state index is 13.2. The molecule has 2 aromatic rings. The molecule has 0 bridgehead atoms. The number of benzene rings is 1. The molecule has 126 valence electrons. The summed E-state index contributed by atoms with van der Waals surface area (Å²) in [6, 6.07) is 8.24. The number of nitrogens with zero attached hydrogens (tertiary/aromatic N) is 2. The van der Waals surface area contributed by atoms with Gasteiger partial charge in [-0.3, -0.25) is 4.79 Å². The minimum atomic E-state index is -4.45. The molecule has 24 heavy (non-hydrogen) atoms. The molecular formula is C17H14ClF3N2O. The summed E-state index contributed by atoms with van der Waals surface area (Å²) in [5.74, 6) is -0.334. The molecule has 0 spiro atoms.